The van der Waals surface area contributed by atoms with E-state index in [2.05, 4.69) is 4.74 Å². The van der Waals surface area contributed by atoms with E-state index in [1.165, 1.54) is 13.4 Å². The van der Waals surface area contributed by atoms with Crippen molar-refractivity contribution in [3.8, 4) is 0 Å². The summed E-state index contributed by atoms with van der Waals surface area (Å²) in [7, 11) is 1.27. The number of ether oxygens (including phenoxy) is 3. The Kier molecular flexibility index (Phi) is 3.62. The molecule has 5 nitrogen and oxygen atoms in total. The van der Waals surface area contributed by atoms with Crippen LogP contribution in [0, 0.1) is 0 Å². The molecule has 1 aliphatic rings. The zero-order valence-corrected chi connectivity index (χ0v) is 9.84. The van der Waals surface area contributed by atoms with Gasteiger partial charge in [-0.3, -0.25) is 0 Å². The molecule has 1 heterocycles. The molecule has 0 fully saturated rings. The highest BCUT2D eigenvalue weighted by molar-refractivity contribution is 6.17. The molecule has 0 atom stereocenters. The minimum atomic E-state index is -0.510. The molecule has 2 rings (SSSR count). The molecule has 0 saturated heterocycles. The fraction of sp³-hybridized carbons (Fsp3) is 0.231. The second kappa shape index (κ2) is 5.35. The van der Waals surface area contributed by atoms with Gasteiger partial charge in [0.05, 0.1) is 13.4 Å². The molecule has 94 valence electrons. The van der Waals surface area contributed by atoms with E-state index in [1.807, 2.05) is 24.3 Å². The van der Waals surface area contributed by atoms with Crippen LogP contribution in [0.3, 0.4) is 0 Å². The van der Waals surface area contributed by atoms with Crippen LogP contribution in [0.1, 0.15) is 11.1 Å². The molecule has 0 amide bonds. The molecule has 0 bridgehead atoms. The molecule has 1 aromatic carbocycles. The van der Waals surface area contributed by atoms with Gasteiger partial charge < -0.3 is 14.2 Å². The van der Waals surface area contributed by atoms with Crippen LogP contribution in [0.5, 0.6) is 0 Å². The Morgan fingerprint density at radius 2 is 2.22 bits per heavy atom. The van der Waals surface area contributed by atoms with Crippen molar-refractivity contribution in [2.45, 2.75) is 6.61 Å². The number of fused-ring (bicyclic) bond motifs is 1. The average molecular weight is 248 g/mol. The quantitative estimate of drug-likeness (QED) is 0.458. The third-order valence-corrected chi connectivity index (χ3v) is 2.52. The highest BCUT2D eigenvalue weighted by Gasteiger charge is 2.23. The van der Waals surface area contributed by atoms with Gasteiger partial charge in [0.1, 0.15) is 12.2 Å². The Morgan fingerprint density at radius 3 is 3.00 bits per heavy atom. The molecule has 0 radical (unpaired) electrons. The highest BCUT2D eigenvalue weighted by Crippen LogP contribution is 2.26. The van der Waals surface area contributed by atoms with Crippen LogP contribution in [0.15, 0.2) is 30.5 Å². The first kappa shape index (κ1) is 12.2. The maximum Gasteiger partial charge on any atom is 0.343 e. The summed E-state index contributed by atoms with van der Waals surface area (Å²) in [5.74, 6) is -0.970. The van der Waals surface area contributed by atoms with Crippen molar-refractivity contribution >= 4 is 17.5 Å². The summed E-state index contributed by atoms with van der Waals surface area (Å²) in [4.78, 5) is 22.5. The van der Waals surface area contributed by atoms with Gasteiger partial charge in [0.25, 0.3) is 0 Å². The standard InChI is InChI=1S/C13H12O5/c1-16-12(14)8-17-7-11-10-5-3-2-4-9(10)6-18-13(11)15/h2-5,7H,6,8H2,1H3/b11-7-. The zero-order chi connectivity index (χ0) is 13.0. The number of benzene rings is 1. The number of rotatable bonds is 3. The topological polar surface area (TPSA) is 61.8 Å². The van der Waals surface area contributed by atoms with Crippen molar-refractivity contribution in [2.24, 2.45) is 0 Å². The van der Waals surface area contributed by atoms with E-state index in [9.17, 15) is 9.59 Å². The number of cyclic esters (lactones) is 1. The Labute approximate surface area is 104 Å². The second-order valence-corrected chi connectivity index (χ2v) is 3.65. The summed E-state index contributed by atoms with van der Waals surface area (Å²) in [5.41, 5.74) is 1.98. The van der Waals surface area contributed by atoms with Crippen LogP contribution in [-0.2, 0) is 30.4 Å². The largest absolute Gasteiger partial charge is 0.489 e. The van der Waals surface area contributed by atoms with E-state index >= 15 is 0 Å². The van der Waals surface area contributed by atoms with Gasteiger partial charge in [0.2, 0.25) is 0 Å². The number of hydrogen-bond donors (Lipinski definition) is 0. The first-order chi connectivity index (χ1) is 8.72. The summed E-state index contributed by atoms with van der Waals surface area (Å²) >= 11 is 0. The molecular formula is C13H12O5. The van der Waals surface area contributed by atoms with E-state index in [4.69, 9.17) is 9.47 Å². The lowest BCUT2D eigenvalue weighted by Crippen LogP contribution is -2.16. The molecule has 0 unspecified atom stereocenters. The van der Waals surface area contributed by atoms with Crippen molar-refractivity contribution in [3.05, 3.63) is 41.7 Å². The van der Waals surface area contributed by atoms with E-state index in [0.29, 0.717) is 5.57 Å². The third-order valence-electron chi connectivity index (χ3n) is 2.52. The van der Waals surface area contributed by atoms with Gasteiger partial charge >= 0.3 is 11.9 Å². The monoisotopic (exact) mass is 248 g/mol. The minimum absolute atomic E-state index is 0.241. The Morgan fingerprint density at radius 1 is 1.44 bits per heavy atom. The van der Waals surface area contributed by atoms with Crippen molar-refractivity contribution < 1.29 is 23.8 Å². The Bertz CT molecular complexity index is 504. The van der Waals surface area contributed by atoms with Crippen LogP contribution in [0.25, 0.3) is 5.57 Å². The zero-order valence-electron chi connectivity index (χ0n) is 9.84. The predicted octanol–water partition coefficient (Wildman–Crippen LogP) is 1.27. The summed E-state index contributed by atoms with van der Waals surface area (Å²) in [6, 6.07) is 7.37. The van der Waals surface area contributed by atoms with Gasteiger partial charge in [0.15, 0.2) is 6.61 Å². The SMILES string of the molecule is COC(=O)CO/C=C1\C(=O)OCc2ccccc21. The number of methoxy groups -OCH3 is 1. The molecule has 0 saturated carbocycles. The van der Waals surface area contributed by atoms with Crippen LogP contribution >= 0.6 is 0 Å². The van der Waals surface area contributed by atoms with Gasteiger partial charge in [-0.05, 0) is 11.1 Å². The minimum Gasteiger partial charge on any atom is -0.489 e. The summed E-state index contributed by atoms with van der Waals surface area (Å²) in [5, 5.41) is 0. The maximum atomic E-state index is 11.6. The Hall–Kier alpha value is -2.30. The molecule has 0 aromatic heterocycles. The highest BCUT2D eigenvalue weighted by atomic mass is 16.6. The molecule has 5 heteroatoms. The van der Waals surface area contributed by atoms with Gasteiger partial charge in [0, 0.05) is 0 Å². The van der Waals surface area contributed by atoms with Gasteiger partial charge in [-0.15, -0.1) is 0 Å². The Balaban J connectivity index is 2.18. The van der Waals surface area contributed by atoms with Crippen molar-refractivity contribution in [2.75, 3.05) is 13.7 Å². The van der Waals surface area contributed by atoms with E-state index in [1.54, 1.807) is 0 Å². The fourth-order valence-electron chi connectivity index (χ4n) is 1.60. The van der Waals surface area contributed by atoms with E-state index in [0.717, 1.165) is 11.1 Å². The van der Waals surface area contributed by atoms with Crippen LogP contribution in [0.2, 0.25) is 0 Å². The van der Waals surface area contributed by atoms with Crippen molar-refractivity contribution in [1.82, 2.24) is 0 Å². The lowest BCUT2D eigenvalue weighted by atomic mass is 9.99. The van der Waals surface area contributed by atoms with Crippen LogP contribution in [0.4, 0.5) is 0 Å². The molecule has 18 heavy (non-hydrogen) atoms. The number of carbonyl (C=O) groups excluding carboxylic acids is 2. The fourth-order valence-corrected chi connectivity index (χ4v) is 1.60. The second-order valence-electron chi connectivity index (χ2n) is 3.65. The number of hydrogen-bond acceptors (Lipinski definition) is 5. The van der Waals surface area contributed by atoms with E-state index < -0.39 is 11.9 Å². The van der Waals surface area contributed by atoms with Gasteiger partial charge in [-0.1, -0.05) is 24.3 Å². The summed E-state index contributed by atoms with van der Waals surface area (Å²) in [6.07, 6.45) is 1.23. The first-order valence-corrected chi connectivity index (χ1v) is 5.36. The van der Waals surface area contributed by atoms with Gasteiger partial charge in [-0.25, -0.2) is 9.59 Å². The normalized spacial score (nSPS) is 15.8. The lowest BCUT2D eigenvalue weighted by Gasteiger charge is -2.18. The third kappa shape index (κ3) is 2.51. The van der Waals surface area contributed by atoms with Crippen molar-refractivity contribution in [3.63, 3.8) is 0 Å². The lowest BCUT2D eigenvalue weighted by molar-refractivity contribution is -0.144. The molecule has 1 aromatic rings. The molecule has 0 aliphatic carbocycles. The number of carbonyl (C=O) groups is 2. The first-order valence-electron chi connectivity index (χ1n) is 5.36. The predicted molar refractivity (Wildman–Crippen MR) is 62.2 cm³/mol. The van der Waals surface area contributed by atoms with Gasteiger partial charge in [-0.2, -0.15) is 0 Å². The summed E-state index contributed by atoms with van der Waals surface area (Å²) < 4.78 is 14.4. The maximum absolute atomic E-state index is 11.6. The molecule has 0 spiro atoms. The molecule has 0 N–H and O–H groups in total. The number of esters is 2. The average Bonchev–Trinajstić information content (AvgIpc) is 2.41. The van der Waals surface area contributed by atoms with E-state index in [-0.39, 0.29) is 13.2 Å². The smallest absolute Gasteiger partial charge is 0.343 e. The van der Waals surface area contributed by atoms with Crippen molar-refractivity contribution in [1.29, 1.82) is 0 Å². The van der Waals surface area contributed by atoms with Crippen LogP contribution in [-0.4, -0.2) is 25.7 Å². The van der Waals surface area contributed by atoms with Crippen LogP contribution < -0.4 is 0 Å². The molecule has 1 aliphatic heterocycles. The summed E-state index contributed by atoms with van der Waals surface area (Å²) in [6.45, 7) is 0.0127. The molecular weight excluding hydrogens is 236 g/mol.